The average molecular weight is 254 g/mol. The first-order valence-electron chi connectivity index (χ1n) is 6.11. The molecule has 0 aromatic carbocycles. The van der Waals surface area contributed by atoms with E-state index in [1.165, 1.54) is 9.75 Å². The molecule has 0 spiro atoms. The summed E-state index contributed by atoms with van der Waals surface area (Å²) in [5, 5.41) is 3.00. The van der Waals surface area contributed by atoms with Crippen LogP contribution in [-0.2, 0) is 11.3 Å². The normalized spacial score (nSPS) is 11.5. The minimum atomic E-state index is -0.397. The maximum atomic E-state index is 12.2. The van der Waals surface area contributed by atoms with Crippen LogP contribution in [0.2, 0.25) is 0 Å². The van der Waals surface area contributed by atoms with Gasteiger partial charge in [-0.3, -0.25) is 4.79 Å². The number of nitrogens with two attached hydrogens (primary N) is 1. The van der Waals surface area contributed by atoms with Crippen molar-refractivity contribution in [3.05, 3.63) is 21.9 Å². The first-order chi connectivity index (χ1) is 8.07. The summed E-state index contributed by atoms with van der Waals surface area (Å²) in [7, 11) is 0. The van der Waals surface area contributed by atoms with Gasteiger partial charge in [0.1, 0.15) is 0 Å². The minimum absolute atomic E-state index is 0.0797. The van der Waals surface area contributed by atoms with E-state index in [2.05, 4.69) is 24.4 Å². The number of carbonyl (C=O) groups excluding carboxylic acids is 1. The van der Waals surface area contributed by atoms with Gasteiger partial charge < -0.3 is 11.1 Å². The van der Waals surface area contributed by atoms with E-state index in [4.69, 9.17) is 5.73 Å². The molecule has 0 aliphatic heterocycles. The molecule has 0 bridgehead atoms. The van der Waals surface area contributed by atoms with Crippen LogP contribution >= 0.6 is 11.3 Å². The standard InChI is InChI=1S/C13H22N2OS/c1-4-13(5-2,9-14)12(16)15-8-11-7-6-10(3)17-11/h6-7H,4-5,8-9,14H2,1-3H3,(H,15,16). The number of hydrogen-bond donors (Lipinski definition) is 2. The van der Waals surface area contributed by atoms with Crippen LogP contribution in [0, 0.1) is 12.3 Å². The average Bonchev–Trinajstić information content (AvgIpc) is 2.75. The van der Waals surface area contributed by atoms with Gasteiger partial charge in [-0.25, -0.2) is 0 Å². The molecule has 4 heteroatoms. The molecule has 0 radical (unpaired) electrons. The van der Waals surface area contributed by atoms with Crippen LogP contribution in [-0.4, -0.2) is 12.5 Å². The van der Waals surface area contributed by atoms with Gasteiger partial charge in [0.25, 0.3) is 0 Å². The molecule has 17 heavy (non-hydrogen) atoms. The Morgan fingerprint density at radius 3 is 2.47 bits per heavy atom. The summed E-state index contributed by atoms with van der Waals surface area (Å²) in [6.07, 6.45) is 1.57. The van der Waals surface area contributed by atoms with E-state index in [0.717, 1.165) is 12.8 Å². The predicted molar refractivity (Wildman–Crippen MR) is 73.0 cm³/mol. The highest BCUT2D eigenvalue weighted by Crippen LogP contribution is 2.25. The highest BCUT2D eigenvalue weighted by molar-refractivity contribution is 7.11. The van der Waals surface area contributed by atoms with Gasteiger partial charge in [0, 0.05) is 16.3 Å². The van der Waals surface area contributed by atoms with Crippen molar-refractivity contribution >= 4 is 17.2 Å². The van der Waals surface area contributed by atoms with Crippen molar-refractivity contribution in [2.24, 2.45) is 11.1 Å². The zero-order valence-electron chi connectivity index (χ0n) is 10.9. The summed E-state index contributed by atoms with van der Waals surface area (Å²) >= 11 is 1.72. The molecular weight excluding hydrogens is 232 g/mol. The Kier molecular flexibility index (Phi) is 5.15. The summed E-state index contributed by atoms with van der Waals surface area (Å²) in [5.74, 6) is 0.0797. The minimum Gasteiger partial charge on any atom is -0.351 e. The van der Waals surface area contributed by atoms with Crippen LogP contribution in [0.4, 0.5) is 0 Å². The lowest BCUT2D eigenvalue weighted by Gasteiger charge is -2.28. The lowest BCUT2D eigenvalue weighted by Crippen LogP contribution is -2.44. The second-order valence-corrected chi connectivity index (χ2v) is 5.76. The van der Waals surface area contributed by atoms with Crippen molar-refractivity contribution in [2.45, 2.75) is 40.2 Å². The molecule has 0 saturated heterocycles. The summed E-state index contributed by atoms with van der Waals surface area (Å²) in [6, 6.07) is 4.13. The highest BCUT2D eigenvalue weighted by Gasteiger charge is 2.32. The molecule has 0 aliphatic rings. The largest absolute Gasteiger partial charge is 0.351 e. The molecule has 0 fully saturated rings. The molecule has 0 aliphatic carbocycles. The maximum absolute atomic E-state index is 12.2. The Hall–Kier alpha value is -0.870. The summed E-state index contributed by atoms with van der Waals surface area (Å²) in [5.41, 5.74) is 5.35. The van der Waals surface area contributed by atoms with Gasteiger partial charge in [-0.2, -0.15) is 0 Å². The summed E-state index contributed by atoms with van der Waals surface area (Å²) < 4.78 is 0. The van der Waals surface area contributed by atoms with E-state index >= 15 is 0 Å². The zero-order valence-corrected chi connectivity index (χ0v) is 11.7. The first kappa shape index (κ1) is 14.2. The fourth-order valence-electron chi connectivity index (χ4n) is 1.89. The third-order valence-electron chi connectivity index (χ3n) is 3.45. The molecule has 1 rings (SSSR count). The van der Waals surface area contributed by atoms with E-state index < -0.39 is 5.41 Å². The van der Waals surface area contributed by atoms with Gasteiger partial charge in [0.15, 0.2) is 0 Å². The van der Waals surface area contributed by atoms with E-state index in [0.29, 0.717) is 13.1 Å². The Balaban J connectivity index is 2.59. The second-order valence-electron chi connectivity index (χ2n) is 4.39. The Bertz CT molecular complexity index is 361. The van der Waals surface area contributed by atoms with Crippen molar-refractivity contribution in [1.82, 2.24) is 5.32 Å². The smallest absolute Gasteiger partial charge is 0.227 e. The Labute approximate surface area is 107 Å². The molecule has 1 aromatic heterocycles. The molecule has 1 aromatic rings. The van der Waals surface area contributed by atoms with Gasteiger partial charge in [-0.15, -0.1) is 11.3 Å². The van der Waals surface area contributed by atoms with Crippen molar-refractivity contribution < 1.29 is 4.79 Å². The molecule has 96 valence electrons. The first-order valence-corrected chi connectivity index (χ1v) is 6.93. The number of rotatable bonds is 6. The zero-order chi connectivity index (χ0) is 12.9. The predicted octanol–water partition coefficient (Wildman–Crippen LogP) is 2.44. The van der Waals surface area contributed by atoms with Gasteiger partial charge in [-0.1, -0.05) is 13.8 Å². The van der Waals surface area contributed by atoms with Crippen molar-refractivity contribution in [3.8, 4) is 0 Å². The molecular formula is C13H22N2OS. The van der Waals surface area contributed by atoms with Crippen LogP contribution in [0.5, 0.6) is 0 Å². The Morgan fingerprint density at radius 2 is 2.06 bits per heavy atom. The Morgan fingerprint density at radius 1 is 1.41 bits per heavy atom. The third kappa shape index (κ3) is 3.30. The van der Waals surface area contributed by atoms with Gasteiger partial charge in [0.05, 0.1) is 12.0 Å². The van der Waals surface area contributed by atoms with Crippen molar-refractivity contribution in [2.75, 3.05) is 6.54 Å². The van der Waals surface area contributed by atoms with Crippen LogP contribution in [0.1, 0.15) is 36.4 Å². The number of hydrogen-bond acceptors (Lipinski definition) is 3. The van der Waals surface area contributed by atoms with E-state index in [1.54, 1.807) is 11.3 Å². The molecule has 3 N–H and O–H groups in total. The van der Waals surface area contributed by atoms with Crippen LogP contribution in [0.25, 0.3) is 0 Å². The molecule has 0 saturated carbocycles. The number of thiophene rings is 1. The van der Waals surface area contributed by atoms with Crippen LogP contribution in [0.3, 0.4) is 0 Å². The number of aryl methyl sites for hydroxylation is 1. The molecule has 3 nitrogen and oxygen atoms in total. The van der Waals surface area contributed by atoms with Crippen molar-refractivity contribution in [3.63, 3.8) is 0 Å². The highest BCUT2D eigenvalue weighted by atomic mass is 32.1. The second kappa shape index (κ2) is 6.17. The quantitative estimate of drug-likeness (QED) is 0.819. The maximum Gasteiger partial charge on any atom is 0.227 e. The number of nitrogens with one attached hydrogen (secondary N) is 1. The molecule has 0 unspecified atom stereocenters. The third-order valence-corrected chi connectivity index (χ3v) is 4.45. The van der Waals surface area contributed by atoms with Gasteiger partial charge in [-0.05, 0) is 31.9 Å². The topological polar surface area (TPSA) is 55.1 Å². The fourth-order valence-corrected chi connectivity index (χ4v) is 2.72. The molecule has 1 amide bonds. The van der Waals surface area contributed by atoms with Gasteiger partial charge >= 0.3 is 0 Å². The number of carbonyl (C=O) groups is 1. The lowest BCUT2D eigenvalue weighted by atomic mass is 9.81. The molecule has 0 atom stereocenters. The fraction of sp³-hybridized carbons (Fsp3) is 0.615. The van der Waals surface area contributed by atoms with Crippen LogP contribution < -0.4 is 11.1 Å². The van der Waals surface area contributed by atoms with E-state index in [-0.39, 0.29) is 5.91 Å². The number of amides is 1. The van der Waals surface area contributed by atoms with E-state index in [9.17, 15) is 4.79 Å². The summed E-state index contributed by atoms with van der Waals surface area (Å²) in [4.78, 5) is 14.6. The summed E-state index contributed by atoms with van der Waals surface area (Å²) in [6.45, 7) is 7.13. The monoisotopic (exact) mass is 254 g/mol. The van der Waals surface area contributed by atoms with Crippen molar-refractivity contribution in [1.29, 1.82) is 0 Å². The van der Waals surface area contributed by atoms with Gasteiger partial charge in [0.2, 0.25) is 5.91 Å². The van der Waals surface area contributed by atoms with E-state index in [1.807, 2.05) is 13.8 Å². The SMILES string of the molecule is CCC(CC)(CN)C(=O)NCc1ccc(C)s1. The van der Waals surface area contributed by atoms with Crippen LogP contribution in [0.15, 0.2) is 12.1 Å². The lowest BCUT2D eigenvalue weighted by molar-refractivity contribution is -0.131. The molecule has 1 heterocycles.